The molecule has 0 unspecified atom stereocenters. The third kappa shape index (κ3) is 6.81. The van der Waals surface area contributed by atoms with Gasteiger partial charge in [-0.05, 0) is 94.1 Å². The van der Waals surface area contributed by atoms with Crippen molar-refractivity contribution in [2.45, 2.75) is 34.6 Å². The Kier molecular flexibility index (Phi) is 8.94. The van der Waals surface area contributed by atoms with Gasteiger partial charge in [-0.1, -0.05) is 23.3 Å². The molecule has 4 aromatic rings. The Balaban J connectivity index is 1.56. The highest BCUT2D eigenvalue weighted by Gasteiger charge is 2.17. The molecule has 0 saturated heterocycles. The minimum atomic E-state index is -0.246. The Morgan fingerprint density at radius 1 is 1.00 bits per heavy atom. The van der Waals surface area contributed by atoms with Gasteiger partial charge in [0.1, 0.15) is 0 Å². The molecular formula is C32H32N4O2S. The average Bonchev–Trinajstić information content (AvgIpc) is 2.93. The molecule has 0 atom stereocenters. The fourth-order valence-electron chi connectivity index (χ4n) is 4.18. The molecule has 2 heterocycles. The zero-order valence-electron chi connectivity index (χ0n) is 22.8. The molecule has 7 heteroatoms. The Hall–Kier alpha value is -4.23. The van der Waals surface area contributed by atoms with E-state index in [1.165, 1.54) is 0 Å². The molecule has 0 aliphatic heterocycles. The van der Waals surface area contributed by atoms with E-state index in [0.717, 1.165) is 38.1 Å². The van der Waals surface area contributed by atoms with Gasteiger partial charge in [0.25, 0.3) is 11.8 Å². The molecule has 2 amide bonds. The highest BCUT2D eigenvalue weighted by atomic mass is 32.2. The number of rotatable bonds is 8. The number of hydrogen-bond donors (Lipinski definition) is 2. The molecular weight excluding hydrogens is 504 g/mol. The van der Waals surface area contributed by atoms with Gasteiger partial charge in [0, 0.05) is 46.0 Å². The van der Waals surface area contributed by atoms with Crippen molar-refractivity contribution in [2.24, 2.45) is 0 Å². The molecule has 0 saturated carbocycles. The first-order valence-corrected chi connectivity index (χ1v) is 13.6. The van der Waals surface area contributed by atoms with Gasteiger partial charge in [0.15, 0.2) is 0 Å². The van der Waals surface area contributed by atoms with Gasteiger partial charge >= 0.3 is 0 Å². The van der Waals surface area contributed by atoms with Gasteiger partial charge in [0.2, 0.25) is 0 Å². The number of anilines is 1. The fraction of sp³-hybridized carbons (Fsp3) is 0.188. The lowest BCUT2D eigenvalue weighted by molar-refractivity contribution is 0.0957. The lowest BCUT2D eigenvalue weighted by Crippen LogP contribution is -2.25. The predicted molar refractivity (Wildman–Crippen MR) is 162 cm³/mol. The van der Waals surface area contributed by atoms with E-state index in [9.17, 15) is 9.59 Å². The van der Waals surface area contributed by atoms with E-state index in [-0.39, 0.29) is 11.8 Å². The molecule has 0 radical (unpaired) electrons. The molecule has 0 aliphatic rings. The molecule has 0 fully saturated rings. The number of carbonyl (C=O) groups excluding carboxylic acids is 2. The first-order chi connectivity index (χ1) is 18.8. The third-order valence-corrected chi connectivity index (χ3v) is 7.41. The summed E-state index contributed by atoms with van der Waals surface area (Å²) in [4.78, 5) is 36.4. The molecule has 2 N–H and O–H groups in total. The van der Waals surface area contributed by atoms with Gasteiger partial charge in [-0.25, -0.2) is 4.98 Å². The number of nitrogens with zero attached hydrogens (tertiary/aromatic N) is 2. The van der Waals surface area contributed by atoms with E-state index in [1.54, 1.807) is 48.4 Å². The van der Waals surface area contributed by atoms with Crippen LogP contribution in [0.3, 0.4) is 0 Å². The Morgan fingerprint density at radius 3 is 2.44 bits per heavy atom. The average molecular weight is 537 g/mol. The monoisotopic (exact) mass is 536 g/mol. The van der Waals surface area contributed by atoms with Crippen molar-refractivity contribution < 1.29 is 9.59 Å². The van der Waals surface area contributed by atoms with E-state index >= 15 is 0 Å². The quantitative estimate of drug-likeness (QED) is 0.244. The van der Waals surface area contributed by atoms with Gasteiger partial charge in [-0.15, -0.1) is 11.8 Å². The SMILES string of the molecule is C/C=C\SC(CNC(=O)c1ccc(NC(=O)c2cc(-c3cccnc3)nc3c(C)cc(C)cc23)cc1)=C(C)C. The minimum absolute atomic E-state index is 0.167. The highest BCUT2D eigenvalue weighted by molar-refractivity contribution is 8.05. The molecule has 0 aliphatic carbocycles. The van der Waals surface area contributed by atoms with Crippen molar-refractivity contribution in [3.05, 3.63) is 111 Å². The maximum Gasteiger partial charge on any atom is 0.256 e. The zero-order chi connectivity index (χ0) is 27.9. The van der Waals surface area contributed by atoms with Crippen molar-refractivity contribution >= 4 is 40.2 Å². The van der Waals surface area contributed by atoms with Crippen LogP contribution in [0.15, 0.2) is 89.0 Å². The van der Waals surface area contributed by atoms with Crippen LogP contribution in [-0.4, -0.2) is 28.3 Å². The number of benzene rings is 2. The summed E-state index contributed by atoms with van der Waals surface area (Å²) >= 11 is 1.60. The maximum absolute atomic E-state index is 13.5. The Morgan fingerprint density at radius 2 is 1.77 bits per heavy atom. The van der Waals surface area contributed by atoms with E-state index in [2.05, 4.69) is 21.7 Å². The van der Waals surface area contributed by atoms with Gasteiger partial charge in [-0.2, -0.15) is 0 Å². The van der Waals surface area contributed by atoms with Gasteiger partial charge in [-0.3, -0.25) is 14.6 Å². The molecule has 2 aromatic carbocycles. The smallest absolute Gasteiger partial charge is 0.256 e. The molecule has 39 heavy (non-hydrogen) atoms. The number of amides is 2. The number of carbonyl (C=O) groups is 2. The van der Waals surface area contributed by atoms with Crippen LogP contribution in [0.5, 0.6) is 0 Å². The molecule has 4 rings (SSSR count). The van der Waals surface area contributed by atoms with Crippen molar-refractivity contribution in [2.75, 3.05) is 11.9 Å². The summed E-state index contributed by atoms with van der Waals surface area (Å²) < 4.78 is 0. The third-order valence-electron chi connectivity index (χ3n) is 6.17. The topological polar surface area (TPSA) is 84.0 Å². The summed E-state index contributed by atoms with van der Waals surface area (Å²) in [6.45, 7) is 10.5. The second-order valence-corrected chi connectivity index (χ2v) is 10.5. The van der Waals surface area contributed by atoms with Gasteiger partial charge in [0.05, 0.1) is 16.8 Å². The summed E-state index contributed by atoms with van der Waals surface area (Å²) in [6.07, 6.45) is 5.42. The largest absolute Gasteiger partial charge is 0.347 e. The summed E-state index contributed by atoms with van der Waals surface area (Å²) in [7, 11) is 0. The van der Waals surface area contributed by atoms with Gasteiger partial charge < -0.3 is 10.6 Å². The normalized spacial score (nSPS) is 11.0. The van der Waals surface area contributed by atoms with Crippen molar-refractivity contribution in [3.8, 4) is 11.3 Å². The second kappa shape index (κ2) is 12.5. The van der Waals surface area contributed by atoms with E-state index in [0.29, 0.717) is 29.1 Å². The van der Waals surface area contributed by atoms with Crippen LogP contribution in [-0.2, 0) is 0 Å². The Labute approximate surface area is 233 Å². The van der Waals surface area contributed by atoms with Crippen molar-refractivity contribution in [1.82, 2.24) is 15.3 Å². The van der Waals surface area contributed by atoms with Crippen LogP contribution in [0.2, 0.25) is 0 Å². The molecule has 2 aromatic heterocycles. The number of aryl methyl sites for hydroxylation is 2. The number of fused-ring (bicyclic) bond motifs is 1. The van der Waals surface area contributed by atoms with E-state index in [1.807, 2.05) is 70.4 Å². The molecule has 6 nitrogen and oxygen atoms in total. The molecule has 198 valence electrons. The highest BCUT2D eigenvalue weighted by Crippen LogP contribution is 2.28. The number of pyridine rings is 2. The number of nitrogens with one attached hydrogen (secondary N) is 2. The number of allylic oxidation sites excluding steroid dienone is 2. The summed E-state index contributed by atoms with van der Waals surface area (Å²) in [5.74, 6) is -0.413. The lowest BCUT2D eigenvalue weighted by atomic mass is 9.99. The minimum Gasteiger partial charge on any atom is -0.347 e. The van der Waals surface area contributed by atoms with Crippen LogP contribution in [0.25, 0.3) is 22.2 Å². The first kappa shape index (κ1) is 27.8. The standard InChI is InChI=1S/C32H32N4O2S/c1-6-14-39-29(20(2)3)19-34-31(37)23-9-11-25(12-10-23)35-32(38)27-17-28(24-8-7-13-33-18-24)36-30-22(5)15-21(4)16-26(27)30/h6-18H,19H2,1-5H3,(H,34,37)(H,35,38)/b14-6-. The predicted octanol–water partition coefficient (Wildman–Crippen LogP) is 7.46. The zero-order valence-corrected chi connectivity index (χ0v) is 23.6. The number of thioether (sulfide) groups is 1. The maximum atomic E-state index is 13.5. The van der Waals surface area contributed by atoms with Crippen LogP contribution >= 0.6 is 11.8 Å². The second-order valence-electron chi connectivity index (χ2n) is 9.50. The van der Waals surface area contributed by atoms with Crippen LogP contribution < -0.4 is 10.6 Å². The van der Waals surface area contributed by atoms with Crippen molar-refractivity contribution in [1.29, 1.82) is 0 Å². The van der Waals surface area contributed by atoms with E-state index in [4.69, 9.17) is 4.98 Å². The molecule has 0 spiro atoms. The van der Waals surface area contributed by atoms with Crippen LogP contribution in [0.4, 0.5) is 5.69 Å². The summed E-state index contributed by atoms with van der Waals surface area (Å²) in [5.41, 5.74) is 7.17. The molecule has 0 bridgehead atoms. The Bertz CT molecular complexity index is 1570. The van der Waals surface area contributed by atoms with Crippen molar-refractivity contribution in [3.63, 3.8) is 0 Å². The lowest BCUT2D eigenvalue weighted by Gasteiger charge is -2.13. The van der Waals surface area contributed by atoms with Crippen LogP contribution in [0, 0.1) is 13.8 Å². The summed E-state index contributed by atoms with van der Waals surface area (Å²) in [5, 5.41) is 8.76. The van der Waals surface area contributed by atoms with E-state index < -0.39 is 0 Å². The number of aromatic nitrogens is 2. The first-order valence-electron chi connectivity index (χ1n) is 12.7. The fourth-order valence-corrected chi connectivity index (χ4v) is 4.87. The van der Waals surface area contributed by atoms with Crippen LogP contribution in [0.1, 0.15) is 52.6 Å². The summed E-state index contributed by atoms with van der Waals surface area (Å²) in [6, 6.07) is 16.5. The number of hydrogen-bond acceptors (Lipinski definition) is 5.